The van der Waals surface area contributed by atoms with E-state index in [0.29, 0.717) is 10.5 Å². The molecule has 1 saturated heterocycles. The molecule has 0 spiro atoms. The molecule has 0 bridgehead atoms. The lowest BCUT2D eigenvalue weighted by atomic mass is 10.1. The molecule has 1 heterocycles. The Labute approximate surface area is 162 Å². The van der Waals surface area contributed by atoms with Crippen LogP contribution in [0.25, 0.3) is 0 Å². The third-order valence-electron chi connectivity index (χ3n) is 4.22. The molecule has 10 heteroatoms. The molecule has 28 heavy (non-hydrogen) atoms. The molecule has 2 aromatic rings. The minimum absolute atomic E-state index is 0.0573. The van der Waals surface area contributed by atoms with Gasteiger partial charge in [-0.3, -0.25) is 14.9 Å². The van der Waals surface area contributed by atoms with Crippen LogP contribution in [0.2, 0.25) is 5.02 Å². The molecule has 1 aliphatic heterocycles. The number of halogens is 4. The molecule has 2 N–H and O–H groups in total. The predicted molar refractivity (Wildman–Crippen MR) is 94.9 cm³/mol. The van der Waals surface area contributed by atoms with Crippen LogP contribution in [0.15, 0.2) is 48.5 Å². The third-order valence-corrected chi connectivity index (χ3v) is 4.47. The van der Waals surface area contributed by atoms with Crippen molar-refractivity contribution in [3.63, 3.8) is 0 Å². The number of aryl methyl sites for hydroxylation is 1. The number of benzene rings is 2. The Bertz CT molecular complexity index is 963. The van der Waals surface area contributed by atoms with Crippen molar-refractivity contribution in [2.24, 2.45) is 0 Å². The van der Waals surface area contributed by atoms with Crippen LogP contribution in [0, 0.1) is 6.92 Å². The lowest BCUT2D eigenvalue weighted by molar-refractivity contribution is -0.197. The van der Waals surface area contributed by atoms with Crippen molar-refractivity contribution >= 4 is 35.1 Å². The van der Waals surface area contributed by atoms with Gasteiger partial charge in [0, 0.05) is 10.6 Å². The summed E-state index contributed by atoms with van der Waals surface area (Å²) in [6.45, 7) is 1.53. The topological polar surface area (TPSA) is 78.5 Å². The molecular weight excluding hydrogens is 399 g/mol. The fraction of sp³-hybridized carbons (Fsp3) is 0.167. The van der Waals surface area contributed by atoms with Crippen molar-refractivity contribution in [3.05, 3.63) is 64.7 Å². The maximum atomic E-state index is 13.9. The summed E-state index contributed by atoms with van der Waals surface area (Å²) in [6.07, 6.45) is -5.29. The Hall–Kier alpha value is -3.07. The summed E-state index contributed by atoms with van der Waals surface area (Å²) in [5.41, 5.74) is -3.37. The monoisotopic (exact) mass is 411 g/mol. The molecule has 0 radical (unpaired) electrons. The molecule has 3 rings (SSSR count). The fourth-order valence-electron chi connectivity index (χ4n) is 2.77. The number of anilines is 1. The molecule has 1 fully saturated rings. The number of nitrogens with one attached hydrogen (secondary N) is 2. The zero-order valence-corrected chi connectivity index (χ0v) is 15.1. The van der Waals surface area contributed by atoms with E-state index in [-0.39, 0.29) is 16.3 Å². The second kappa shape index (κ2) is 6.83. The maximum absolute atomic E-state index is 13.9. The van der Waals surface area contributed by atoms with Gasteiger partial charge in [0.1, 0.15) is 0 Å². The second-order valence-corrected chi connectivity index (χ2v) is 6.50. The van der Waals surface area contributed by atoms with Crippen LogP contribution in [-0.4, -0.2) is 29.7 Å². The van der Waals surface area contributed by atoms with Crippen molar-refractivity contribution < 1.29 is 27.6 Å². The number of amides is 4. The van der Waals surface area contributed by atoms with Gasteiger partial charge in [0.15, 0.2) is 0 Å². The van der Waals surface area contributed by atoms with Gasteiger partial charge in [-0.25, -0.2) is 9.69 Å². The lowest BCUT2D eigenvalue weighted by Gasteiger charge is -2.30. The quantitative estimate of drug-likeness (QED) is 0.760. The highest BCUT2D eigenvalue weighted by atomic mass is 35.5. The van der Waals surface area contributed by atoms with Gasteiger partial charge in [0.05, 0.1) is 5.69 Å². The van der Waals surface area contributed by atoms with Crippen LogP contribution in [0.3, 0.4) is 0 Å². The van der Waals surface area contributed by atoms with Crippen molar-refractivity contribution in [2.45, 2.75) is 18.8 Å². The smallest absolute Gasteiger partial charge is 0.314 e. The minimum Gasteiger partial charge on any atom is -0.314 e. The average Bonchev–Trinajstić information content (AvgIpc) is 2.87. The van der Waals surface area contributed by atoms with E-state index in [2.05, 4.69) is 0 Å². The number of carbonyl (C=O) groups is 3. The molecule has 1 atom stereocenters. The number of nitrogens with zero attached hydrogens (tertiary/aromatic N) is 1. The average molecular weight is 412 g/mol. The van der Waals surface area contributed by atoms with Gasteiger partial charge in [-0.05, 0) is 42.8 Å². The van der Waals surface area contributed by atoms with Gasteiger partial charge in [-0.15, -0.1) is 0 Å². The molecular formula is C18H13ClF3N3O3. The molecule has 2 aromatic carbocycles. The van der Waals surface area contributed by atoms with Crippen molar-refractivity contribution in [3.8, 4) is 0 Å². The van der Waals surface area contributed by atoms with Gasteiger partial charge in [-0.2, -0.15) is 13.2 Å². The fourth-order valence-corrected chi connectivity index (χ4v) is 2.89. The second-order valence-electron chi connectivity index (χ2n) is 6.06. The Morgan fingerprint density at radius 1 is 1.11 bits per heavy atom. The summed E-state index contributed by atoms with van der Waals surface area (Å²) < 4.78 is 41.6. The Balaban J connectivity index is 2.02. The maximum Gasteiger partial charge on any atom is 0.440 e. The number of carbonyl (C=O) groups excluding carboxylic acids is 3. The third kappa shape index (κ3) is 3.18. The molecule has 1 aliphatic rings. The van der Waals surface area contributed by atoms with E-state index < -0.39 is 29.7 Å². The van der Waals surface area contributed by atoms with E-state index in [9.17, 15) is 27.6 Å². The van der Waals surface area contributed by atoms with Crippen LogP contribution in [0.5, 0.6) is 0 Å². The standard InChI is InChI=1S/C18H13ClF3N3O3/c1-10-4-2-3-5-13(10)14(26)23-17(18(20,21)22)15(27)25(16(28)24-17)12-8-6-11(19)7-9-12/h2-9H,1H3,(H,23,26)(H,24,28)/t17-/m1/s1. The summed E-state index contributed by atoms with van der Waals surface area (Å²) in [7, 11) is 0. The van der Waals surface area contributed by atoms with Crippen molar-refractivity contribution in [1.82, 2.24) is 10.6 Å². The summed E-state index contributed by atoms with van der Waals surface area (Å²) >= 11 is 5.73. The van der Waals surface area contributed by atoms with E-state index in [0.717, 1.165) is 0 Å². The van der Waals surface area contributed by atoms with Crippen LogP contribution < -0.4 is 15.5 Å². The first kappa shape index (κ1) is 19.7. The Morgan fingerprint density at radius 2 is 1.71 bits per heavy atom. The van der Waals surface area contributed by atoms with E-state index >= 15 is 0 Å². The van der Waals surface area contributed by atoms with Crippen LogP contribution in [0.1, 0.15) is 15.9 Å². The predicted octanol–water partition coefficient (Wildman–Crippen LogP) is 3.39. The van der Waals surface area contributed by atoms with Gasteiger partial charge in [-0.1, -0.05) is 29.8 Å². The lowest BCUT2D eigenvalue weighted by Crippen LogP contribution is -2.69. The highest BCUT2D eigenvalue weighted by Gasteiger charge is 2.69. The van der Waals surface area contributed by atoms with E-state index in [1.54, 1.807) is 16.7 Å². The summed E-state index contributed by atoms with van der Waals surface area (Å²) in [5.74, 6) is -2.82. The first-order valence-corrected chi connectivity index (χ1v) is 8.32. The van der Waals surface area contributed by atoms with Crippen LogP contribution in [-0.2, 0) is 4.79 Å². The van der Waals surface area contributed by atoms with Crippen molar-refractivity contribution in [1.29, 1.82) is 0 Å². The number of hydrogen-bond acceptors (Lipinski definition) is 3. The number of urea groups is 1. The summed E-state index contributed by atoms with van der Waals surface area (Å²) in [4.78, 5) is 37.7. The molecule has 0 unspecified atom stereocenters. The van der Waals surface area contributed by atoms with Crippen LogP contribution in [0.4, 0.5) is 23.7 Å². The van der Waals surface area contributed by atoms with Crippen LogP contribution >= 0.6 is 11.6 Å². The normalized spacial score (nSPS) is 19.5. The highest BCUT2D eigenvalue weighted by molar-refractivity contribution is 6.31. The van der Waals surface area contributed by atoms with E-state index in [1.165, 1.54) is 49.4 Å². The number of imide groups is 1. The minimum atomic E-state index is -5.29. The van der Waals surface area contributed by atoms with Crippen molar-refractivity contribution in [2.75, 3.05) is 4.90 Å². The zero-order chi connectivity index (χ0) is 20.7. The molecule has 0 aromatic heterocycles. The highest BCUT2D eigenvalue weighted by Crippen LogP contribution is 2.36. The summed E-state index contributed by atoms with van der Waals surface area (Å²) in [6, 6.07) is 9.67. The number of alkyl halides is 3. The molecule has 6 nitrogen and oxygen atoms in total. The van der Waals surface area contributed by atoms with E-state index in [4.69, 9.17) is 11.6 Å². The zero-order valence-electron chi connectivity index (χ0n) is 14.3. The number of hydrogen-bond donors (Lipinski definition) is 2. The van der Waals surface area contributed by atoms with Gasteiger partial charge < -0.3 is 5.32 Å². The Morgan fingerprint density at radius 3 is 2.29 bits per heavy atom. The molecule has 0 aliphatic carbocycles. The first-order valence-electron chi connectivity index (χ1n) is 7.94. The largest absolute Gasteiger partial charge is 0.440 e. The van der Waals surface area contributed by atoms with Gasteiger partial charge in [0.2, 0.25) is 0 Å². The number of rotatable bonds is 3. The van der Waals surface area contributed by atoms with E-state index in [1.807, 2.05) is 0 Å². The van der Waals surface area contributed by atoms with Gasteiger partial charge >= 0.3 is 12.2 Å². The molecule has 146 valence electrons. The van der Waals surface area contributed by atoms with Gasteiger partial charge in [0.25, 0.3) is 17.5 Å². The molecule has 4 amide bonds. The molecule has 0 saturated carbocycles. The Kier molecular flexibility index (Phi) is 4.80. The first-order chi connectivity index (χ1) is 13.1. The summed E-state index contributed by atoms with van der Waals surface area (Å²) in [5, 5.41) is 3.52. The SMILES string of the molecule is Cc1ccccc1C(=O)N[C@@]1(C(F)(F)F)NC(=O)N(c2ccc(Cl)cc2)C1=O.